The van der Waals surface area contributed by atoms with E-state index < -0.39 is 15.8 Å². The van der Waals surface area contributed by atoms with Gasteiger partial charge in [-0.15, -0.1) is 0 Å². The van der Waals surface area contributed by atoms with Crippen LogP contribution >= 0.6 is 0 Å². The molecule has 0 saturated carbocycles. The average molecular weight is 622 g/mol. The van der Waals surface area contributed by atoms with Crippen LogP contribution in [0.4, 0.5) is 10.2 Å². The number of para-hydroxylation sites is 1. The molecule has 45 heavy (non-hydrogen) atoms. The first-order valence-electron chi connectivity index (χ1n) is 14.5. The maximum atomic E-state index is 13.5. The molecule has 1 aliphatic rings. The lowest BCUT2D eigenvalue weighted by atomic mass is 10.1. The molecule has 0 N–H and O–H groups in total. The number of anilines is 1. The highest BCUT2D eigenvalue weighted by Crippen LogP contribution is 2.36. The van der Waals surface area contributed by atoms with Crippen molar-refractivity contribution >= 4 is 26.9 Å². The van der Waals surface area contributed by atoms with E-state index in [-0.39, 0.29) is 18.0 Å². The standard InChI is InChI=1S/C34H28FN5O4S/c35-26-14-16-29(17-15-26)45(41,42)40-20-18-39(19-21-40)33-31-32(25-10-7-13-28(23-25)43-27-11-5-2-6-12-27)38-44-34(31)37-30(36-33)22-24-8-3-1-4-9-24/h1-17,23H,18-22H2. The van der Waals surface area contributed by atoms with E-state index >= 15 is 0 Å². The van der Waals surface area contributed by atoms with Crippen LogP contribution in [0.5, 0.6) is 11.5 Å². The molecule has 1 fully saturated rings. The lowest BCUT2D eigenvalue weighted by Gasteiger charge is -2.35. The van der Waals surface area contributed by atoms with E-state index in [1.54, 1.807) is 0 Å². The van der Waals surface area contributed by atoms with Crippen LogP contribution in [-0.4, -0.2) is 54.0 Å². The number of hydrogen-bond acceptors (Lipinski definition) is 8. The van der Waals surface area contributed by atoms with E-state index in [1.807, 2.05) is 89.8 Å². The smallest absolute Gasteiger partial charge is 0.263 e. The molecule has 11 heteroatoms. The quantitative estimate of drug-likeness (QED) is 0.195. The van der Waals surface area contributed by atoms with Crippen LogP contribution in [0.25, 0.3) is 22.4 Å². The van der Waals surface area contributed by atoms with Gasteiger partial charge < -0.3 is 14.2 Å². The van der Waals surface area contributed by atoms with Crippen molar-refractivity contribution in [1.82, 2.24) is 19.4 Å². The third-order valence-corrected chi connectivity index (χ3v) is 9.56. The van der Waals surface area contributed by atoms with E-state index in [2.05, 4.69) is 5.16 Å². The minimum absolute atomic E-state index is 0.0610. The van der Waals surface area contributed by atoms with Gasteiger partial charge in [0.15, 0.2) is 0 Å². The first-order valence-corrected chi connectivity index (χ1v) is 15.9. The monoisotopic (exact) mass is 621 g/mol. The second-order valence-corrected chi connectivity index (χ2v) is 12.6. The summed E-state index contributed by atoms with van der Waals surface area (Å²) in [5.74, 6) is 2.05. The number of sulfonamides is 1. The molecule has 0 spiro atoms. The van der Waals surface area contributed by atoms with Crippen LogP contribution in [0.2, 0.25) is 0 Å². The van der Waals surface area contributed by atoms with Crippen molar-refractivity contribution in [3.05, 3.63) is 126 Å². The summed E-state index contributed by atoms with van der Waals surface area (Å²) in [7, 11) is -3.78. The Kier molecular flexibility index (Phi) is 7.70. The number of fused-ring (bicyclic) bond motifs is 1. The number of benzene rings is 4. The Labute approximate surface area is 259 Å². The van der Waals surface area contributed by atoms with Crippen molar-refractivity contribution in [2.24, 2.45) is 0 Å². The lowest BCUT2D eigenvalue weighted by Crippen LogP contribution is -2.49. The van der Waals surface area contributed by atoms with Crippen molar-refractivity contribution in [3.8, 4) is 22.8 Å². The maximum Gasteiger partial charge on any atom is 0.263 e. The van der Waals surface area contributed by atoms with Gasteiger partial charge in [-0.25, -0.2) is 17.8 Å². The number of aromatic nitrogens is 3. The van der Waals surface area contributed by atoms with Gasteiger partial charge in [0.25, 0.3) is 5.71 Å². The first-order chi connectivity index (χ1) is 21.9. The Hall–Kier alpha value is -5.13. The summed E-state index contributed by atoms with van der Waals surface area (Å²) in [5.41, 5.74) is 2.71. The molecule has 0 atom stereocenters. The number of rotatable bonds is 8. The summed E-state index contributed by atoms with van der Waals surface area (Å²) in [4.78, 5) is 11.8. The minimum atomic E-state index is -3.78. The fraction of sp³-hybridized carbons (Fsp3) is 0.147. The summed E-state index contributed by atoms with van der Waals surface area (Å²) in [6.45, 7) is 1.19. The van der Waals surface area contributed by atoms with E-state index in [0.717, 1.165) is 23.3 Å². The van der Waals surface area contributed by atoms with Crippen LogP contribution in [0.15, 0.2) is 119 Å². The summed E-state index contributed by atoms with van der Waals surface area (Å²) in [6, 6.07) is 31.9. The van der Waals surface area contributed by atoms with Crippen LogP contribution in [0.1, 0.15) is 11.4 Å². The Bertz CT molecular complexity index is 2050. The fourth-order valence-electron chi connectivity index (χ4n) is 5.39. The van der Waals surface area contributed by atoms with Crippen molar-refractivity contribution in [1.29, 1.82) is 0 Å². The number of hydrogen-bond donors (Lipinski definition) is 0. The van der Waals surface area contributed by atoms with Gasteiger partial charge in [0.05, 0.1) is 4.90 Å². The summed E-state index contributed by atoms with van der Waals surface area (Å²) in [6.07, 6.45) is 0.485. The topological polar surface area (TPSA) is 102 Å². The summed E-state index contributed by atoms with van der Waals surface area (Å²) in [5, 5.41) is 5.06. The summed E-state index contributed by atoms with van der Waals surface area (Å²) >= 11 is 0. The molecule has 1 saturated heterocycles. The van der Waals surface area contributed by atoms with E-state index in [4.69, 9.17) is 19.2 Å². The Balaban J connectivity index is 1.23. The van der Waals surface area contributed by atoms with Gasteiger partial charge in [-0.05, 0) is 54.1 Å². The molecule has 6 aromatic rings. The molecule has 226 valence electrons. The van der Waals surface area contributed by atoms with Gasteiger partial charge in [0.2, 0.25) is 10.0 Å². The third-order valence-electron chi connectivity index (χ3n) is 7.64. The highest BCUT2D eigenvalue weighted by Gasteiger charge is 2.31. The largest absolute Gasteiger partial charge is 0.457 e. The second-order valence-electron chi connectivity index (χ2n) is 10.6. The van der Waals surface area contributed by atoms with Gasteiger partial charge in [0, 0.05) is 38.2 Å². The fourth-order valence-corrected chi connectivity index (χ4v) is 6.81. The SMILES string of the molecule is O=S(=O)(c1ccc(F)cc1)N1CCN(c2nc(Cc3ccccc3)nc3onc(-c4cccc(Oc5ccccc5)c4)c23)CC1. The van der Waals surface area contributed by atoms with E-state index in [9.17, 15) is 12.8 Å². The Morgan fingerprint density at radius 2 is 1.47 bits per heavy atom. The highest BCUT2D eigenvalue weighted by atomic mass is 32.2. The van der Waals surface area contributed by atoms with Crippen LogP contribution in [0.3, 0.4) is 0 Å². The summed E-state index contributed by atoms with van der Waals surface area (Å²) < 4.78 is 53.3. The number of halogens is 1. The van der Waals surface area contributed by atoms with E-state index in [0.29, 0.717) is 59.4 Å². The third kappa shape index (κ3) is 6.00. The van der Waals surface area contributed by atoms with Crippen LogP contribution in [-0.2, 0) is 16.4 Å². The molecule has 3 heterocycles. The van der Waals surface area contributed by atoms with Gasteiger partial charge in [0.1, 0.15) is 40.0 Å². The van der Waals surface area contributed by atoms with Gasteiger partial charge >= 0.3 is 0 Å². The first kappa shape index (κ1) is 28.6. The predicted molar refractivity (Wildman–Crippen MR) is 168 cm³/mol. The van der Waals surface area contributed by atoms with Crippen molar-refractivity contribution in [2.75, 3.05) is 31.1 Å². The van der Waals surface area contributed by atoms with Crippen LogP contribution in [0, 0.1) is 5.82 Å². The second kappa shape index (κ2) is 12.1. The van der Waals surface area contributed by atoms with Gasteiger partial charge in [-0.1, -0.05) is 65.8 Å². The molecule has 9 nitrogen and oxygen atoms in total. The number of nitrogens with zero attached hydrogens (tertiary/aromatic N) is 5. The zero-order chi connectivity index (χ0) is 30.8. The van der Waals surface area contributed by atoms with Crippen molar-refractivity contribution in [3.63, 3.8) is 0 Å². The molecule has 2 aromatic heterocycles. The molecular weight excluding hydrogens is 593 g/mol. The highest BCUT2D eigenvalue weighted by molar-refractivity contribution is 7.89. The normalized spacial score (nSPS) is 14.1. The number of ether oxygens (including phenoxy) is 1. The molecule has 0 amide bonds. The molecule has 0 aliphatic carbocycles. The maximum absolute atomic E-state index is 13.5. The predicted octanol–water partition coefficient (Wildman–Crippen LogP) is 6.32. The van der Waals surface area contributed by atoms with Gasteiger partial charge in [-0.3, -0.25) is 0 Å². The molecule has 4 aromatic carbocycles. The van der Waals surface area contributed by atoms with Crippen LogP contribution < -0.4 is 9.64 Å². The average Bonchev–Trinajstić information content (AvgIpc) is 3.50. The van der Waals surface area contributed by atoms with E-state index in [1.165, 1.54) is 16.4 Å². The molecule has 1 aliphatic heterocycles. The zero-order valence-corrected chi connectivity index (χ0v) is 24.9. The lowest BCUT2D eigenvalue weighted by molar-refractivity contribution is 0.384. The Morgan fingerprint density at radius 1 is 0.778 bits per heavy atom. The molecular formula is C34H28FN5O4S. The molecule has 0 radical (unpaired) electrons. The Morgan fingerprint density at radius 3 is 2.20 bits per heavy atom. The molecule has 7 rings (SSSR count). The molecule has 0 bridgehead atoms. The van der Waals surface area contributed by atoms with Crippen molar-refractivity contribution in [2.45, 2.75) is 11.3 Å². The van der Waals surface area contributed by atoms with Crippen molar-refractivity contribution < 1.29 is 22.1 Å². The zero-order valence-electron chi connectivity index (χ0n) is 24.1. The molecule has 0 unspecified atom stereocenters. The number of piperazine rings is 1. The minimum Gasteiger partial charge on any atom is -0.457 e. The van der Waals surface area contributed by atoms with Gasteiger partial charge in [-0.2, -0.15) is 9.29 Å².